The summed E-state index contributed by atoms with van der Waals surface area (Å²) in [5.41, 5.74) is 2.98. The number of amides is 1. The van der Waals surface area contributed by atoms with Gasteiger partial charge in [-0.05, 0) is 50.5 Å². The number of rotatable bonds is 2. The van der Waals surface area contributed by atoms with E-state index < -0.39 is 0 Å². The van der Waals surface area contributed by atoms with Crippen LogP contribution in [-0.4, -0.2) is 22.3 Å². The van der Waals surface area contributed by atoms with Crippen LogP contribution < -0.4 is 0 Å². The summed E-state index contributed by atoms with van der Waals surface area (Å²) in [7, 11) is 0. The first-order valence-corrected chi connectivity index (χ1v) is 9.27. The van der Waals surface area contributed by atoms with Crippen molar-refractivity contribution < 1.29 is 4.79 Å². The smallest absolute Gasteiger partial charge is 0.254 e. The lowest BCUT2D eigenvalue weighted by Crippen LogP contribution is -2.38. The maximum absolute atomic E-state index is 13.0. The lowest BCUT2D eigenvalue weighted by atomic mass is 10.0. The maximum atomic E-state index is 13.0. The second-order valence-corrected chi connectivity index (χ2v) is 7.46. The van der Waals surface area contributed by atoms with Gasteiger partial charge in [-0.3, -0.25) is 4.79 Å². The Balaban J connectivity index is 1.67. The van der Waals surface area contributed by atoms with Crippen molar-refractivity contribution in [1.82, 2.24) is 9.88 Å². The topological polar surface area (TPSA) is 33.2 Å². The number of para-hydroxylation sites is 1. The van der Waals surface area contributed by atoms with E-state index in [-0.39, 0.29) is 11.9 Å². The number of thiazole rings is 1. The molecule has 24 heavy (non-hydrogen) atoms. The van der Waals surface area contributed by atoms with Crippen molar-refractivity contribution in [3.05, 3.63) is 64.7 Å². The molecule has 122 valence electrons. The van der Waals surface area contributed by atoms with Crippen molar-refractivity contribution in [2.75, 3.05) is 6.54 Å². The number of aryl methyl sites for hydroxylation is 1. The van der Waals surface area contributed by atoms with Gasteiger partial charge in [-0.25, -0.2) is 4.98 Å². The molecule has 2 heterocycles. The summed E-state index contributed by atoms with van der Waals surface area (Å²) in [5, 5.41) is 1.07. The summed E-state index contributed by atoms with van der Waals surface area (Å²) < 4.78 is 1.20. The Morgan fingerprint density at radius 1 is 1.12 bits per heavy atom. The van der Waals surface area contributed by atoms with Crippen LogP contribution in [0.25, 0.3) is 10.2 Å². The van der Waals surface area contributed by atoms with Crippen LogP contribution in [0.5, 0.6) is 0 Å². The van der Waals surface area contributed by atoms with E-state index in [1.165, 1.54) is 10.3 Å². The van der Waals surface area contributed by atoms with Gasteiger partial charge in [-0.1, -0.05) is 29.8 Å². The molecule has 0 spiro atoms. The second-order valence-electron chi connectivity index (χ2n) is 6.40. The van der Waals surface area contributed by atoms with Crippen LogP contribution in [0.1, 0.15) is 46.2 Å². The minimum Gasteiger partial charge on any atom is -0.329 e. The van der Waals surface area contributed by atoms with E-state index in [2.05, 4.69) is 6.07 Å². The molecule has 1 aromatic heterocycles. The molecule has 3 nitrogen and oxygen atoms in total. The summed E-state index contributed by atoms with van der Waals surface area (Å²) in [4.78, 5) is 19.8. The van der Waals surface area contributed by atoms with Gasteiger partial charge >= 0.3 is 0 Å². The number of hydrogen-bond acceptors (Lipinski definition) is 3. The molecule has 0 bridgehead atoms. The molecule has 1 saturated heterocycles. The maximum Gasteiger partial charge on any atom is 0.254 e. The lowest BCUT2D eigenvalue weighted by molar-refractivity contribution is 0.0611. The van der Waals surface area contributed by atoms with Crippen LogP contribution in [0.15, 0.2) is 48.5 Å². The number of carbonyl (C=O) groups excluding carboxylic acids is 1. The Morgan fingerprint density at radius 2 is 1.92 bits per heavy atom. The van der Waals surface area contributed by atoms with E-state index in [1.807, 2.05) is 54.3 Å². The standard InChI is InChI=1S/C20H20N2OS/c1-14-9-11-15(12-10-14)20(23)22-13-5-4-7-17(22)19-21-16-6-2-3-8-18(16)24-19/h2-3,6,8-12,17H,4-5,7,13H2,1H3. The van der Waals surface area contributed by atoms with Crippen LogP contribution in [-0.2, 0) is 0 Å². The highest BCUT2D eigenvalue weighted by molar-refractivity contribution is 7.18. The fourth-order valence-corrected chi connectivity index (χ4v) is 4.44. The first kappa shape index (κ1) is 15.3. The molecule has 1 aliphatic heterocycles. The van der Waals surface area contributed by atoms with Crippen molar-refractivity contribution in [3.63, 3.8) is 0 Å². The molecule has 0 radical (unpaired) electrons. The van der Waals surface area contributed by atoms with Gasteiger partial charge < -0.3 is 4.90 Å². The highest BCUT2D eigenvalue weighted by atomic mass is 32.1. The van der Waals surface area contributed by atoms with Crippen LogP contribution in [0.2, 0.25) is 0 Å². The Morgan fingerprint density at radius 3 is 2.71 bits per heavy atom. The fourth-order valence-electron chi connectivity index (χ4n) is 3.33. The van der Waals surface area contributed by atoms with Crippen molar-refractivity contribution in [2.45, 2.75) is 32.2 Å². The van der Waals surface area contributed by atoms with Gasteiger partial charge in [-0.2, -0.15) is 0 Å². The van der Waals surface area contributed by atoms with Gasteiger partial charge in [0.25, 0.3) is 5.91 Å². The molecule has 1 amide bonds. The normalized spacial score (nSPS) is 18.0. The van der Waals surface area contributed by atoms with Gasteiger partial charge in [0, 0.05) is 12.1 Å². The van der Waals surface area contributed by atoms with E-state index in [0.717, 1.165) is 41.9 Å². The minimum atomic E-state index is 0.102. The zero-order valence-corrected chi connectivity index (χ0v) is 14.6. The molecule has 1 fully saturated rings. The number of carbonyl (C=O) groups is 1. The zero-order valence-electron chi connectivity index (χ0n) is 13.7. The largest absolute Gasteiger partial charge is 0.329 e. The summed E-state index contributed by atoms with van der Waals surface area (Å²) >= 11 is 1.72. The molecule has 4 heteroatoms. The molecule has 4 rings (SSSR count). The van der Waals surface area contributed by atoms with E-state index in [0.29, 0.717) is 0 Å². The fraction of sp³-hybridized carbons (Fsp3) is 0.300. The van der Waals surface area contributed by atoms with Crippen molar-refractivity contribution in [1.29, 1.82) is 0 Å². The molecule has 1 unspecified atom stereocenters. The molecular formula is C20H20N2OS. The summed E-state index contributed by atoms with van der Waals surface area (Å²) in [6.45, 7) is 2.85. The molecular weight excluding hydrogens is 316 g/mol. The average Bonchev–Trinajstić information content (AvgIpc) is 3.06. The molecule has 3 aromatic rings. The number of piperidine rings is 1. The third-order valence-electron chi connectivity index (χ3n) is 4.66. The Hall–Kier alpha value is -2.20. The first-order valence-electron chi connectivity index (χ1n) is 8.45. The Labute approximate surface area is 146 Å². The third-order valence-corrected chi connectivity index (χ3v) is 5.80. The highest BCUT2D eigenvalue weighted by Gasteiger charge is 2.30. The SMILES string of the molecule is Cc1ccc(C(=O)N2CCCCC2c2nc3ccccc3s2)cc1. The van der Waals surface area contributed by atoms with Gasteiger partial charge in [0.2, 0.25) is 0 Å². The average molecular weight is 336 g/mol. The van der Waals surface area contributed by atoms with E-state index in [4.69, 9.17) is 4.98 Å². The van der Waals surface area contributed by atoms with Gasteiger partial charge in [0.1, 0.15) is 5.01 Å². The van der Waals surface area contributed by atoms with Gasteiger partial charge in [-0.15, -0.1) is 11.3 Å². The van der Waals surface area contributed by atoms with Crippen LogP contribution in [0.4, 0.5) is 0 Å². The van der Waals surface area contributed by atoms with Crippen LogP contribution in [0, 0.1) is 6.92 Å². The quantitative estimate of drug-likeness (QED) is 0.662. The van der Waals surface area contributed by atoms with Crippen molar-refractivity contribution >= 4 is 27.5 Å². The number of benzene rings is 2. The van der Waals surface area contributed by atoms with Crippen molar-refractivity contribution in [2.24, 2.45) is 0 Å². The first-order chi connectivity index (χ1) is 11.7. The van der Waals surface area contributed by atoms with Crippen molar-refractivity contribution in [3.8, 4) is 0 Å². The second kappa shape index (κ2) is 6.36. The number of likely N-dealkylation sites (tertiary alicyclic amines) is 1. The molecule has 1 aliphatic rings. The summed E-state index contributed by atoms with van der Waals surface area (Å²) in [6, 6.07) is 16.2. The van der Waals surface area contributed by atoms with E-state index in [9.17, 15) is 4.79 Å². The summed E-state index contributed by atoms with van der Waals surface area (Å²) in [5.74, 6) is 0.124. The lowest BCUT2D eigenvalue weighted by Gasteiger charge is -2.34. The number of aromatic nitrogens is 1. The van der Waals surface area contributed by atoms with Crippen LogP contribution >= 0.6 is 11.3 Å². The predicted octanol–water partition coefficient (Wildman–Crippen LogP) is 4.97. The molecule has 0 aliphatic carbocycles. The minimum absolute atomic E-state index is 0.102. The monoisotopic (exact) mass is 336 g/mol. The van der Waals surface area contributed by atoms with E-state index in [1.54, 1.807) is 11.3 Å². The van der Waals surface area contributed by atoms with E-state index >= 15 is 0 Å². The Kier molecular flexibility index (Phi) is 4.07. The molecule has 1 atom stereocenters. The predicted molar refractivity (Wildman–Crippen MR) is 98.4 cm³/mol. The van der Waals surface area contributed by atoms with Crippen LogP contribution in [0.3, 0.4) is 0 Å². The highest BCUT2D eigenvalue weighted by Crippen LogP contribution is 2.36. The molecule has 2 aromatic carbocycles. The number of nitrogens with zero attached hydrogens (tertiary/aromatic N) is 2. The number of fused-ring (bicyclic) bond motifs is 1. The van der Waals surface area contributed by atoms with Gasteiger partial charge in [0.05, 0.1) is 16.3 Å². The Bertz CT molecular complexity index is 836. The summed E-state index contributed by atoms with van der Waals surface area (Å²) in [6.07, 6.45) is 3.22. The zero-order chi connectivity index (χ0) is 16.5. The molecule has 0 saturated carbocycles. The third kappa shape index (κ3) is 2.82. The molecule has 0 N–H and O–H groups in total. The number of hydrogen-bond donors (Lipinski definition) is 0. The van der Waals surface area contributed by atoms with Gasteiger partial charge in [0.15, 0.2) is 0 Å².